The second-order valence-electron chi connectivity index (χ2n) is 17.0. The molecule has 7 rings (SSSR count). The molecule has 0 radical (unpaired) electrons. The molecule has 0 aromatic heterocycles. The maximum absolute atomic E-state index is 15.0. The quantitative estimate of drug-likeness (QED) is 0.112. The van der Waals surface area contributed by atoms with E-state index in [2.05, 4.69) is 4.72 Å². The summed E-state index contributed by atoms with van der Waals surface area (Å²) in [6, 6.07) is 17.5. The van der Waals surface area contributed by atoms with E-state index in [1.165, 1.54) is 52.0 Å². The minimum Gasteiger partial charge on any atom is -0.456 e. The highest BCUT2D eigenvalue weighted by Gasteiger charge is 2.78. The van der Waals surface area contributed by atoms with E-state index in [0.717, 1.165) is 31.2 Å². The molecule has 3 aromatic carbocycles. The molecule has 3 aromatic rings. The molecule has 3 aliphatic carbocycles. The molecular weight excluding hydrogens is 818 g/mol. The lowest BCUT2D eigenvalue weighted by Gasteiger charge is -2.67. The predicted octanol–water partition coefficient (Wildman–Crippen LogP) is 2.85. The van der Waals surface area contributed by atoms with Gasteiger partial charge in [-0.1, -0.05) is 62.4 Å². The first-order chi connectivity index (χ1) is 28.6. The lowest BCUT2D eigenvalue weighted by Crippen LogP contribution is -2.81. The minimum atomic E-state index is -4.51. The standard InChI is InChI=1S/C44H48FNO14S/c1-23-29(58-40(53)35(50)33(25-12-8-6-9-13-25)46-61(55,56)28-18-16-27(45)17-19-28)21-44(54)38(59-39(52)26-14-10-7-11-15-26)36-42(5,37(51)34(49)32(23)41(44,3)4)30(48)20-31-43(36,22-57-31)60-24(2)47/h6-19,29-31,33-36,38,46,48-50,54H,20-22H2,1-5H3/t29-,30-,31+,33-,34+,35+,36-,38-,42+,43-,44+/m0/s1. The number of esters is 3. The van der Waals surface area contributed by atoms with Gasteiger partial charge in [0, 0.05) is 25.2 Å². The Labute approximate surface area is 351 Å². The predicted molar refractivity (Wildman–Crippen MR) is 211 cm³/mol. The Kier molecular flexibility index (Phi) is 11.4. The molecular formula is C44H48FNO14S. The molecule has 15 nitrogen and oxygen atoms in total. The van der Waals surface area contributed by atoms with Gasteiger partial charge in [-0.2, -0.15) is 0 Å². The highest BCUT2D eigenvalue weighted by atomic mass is 32.2. The number of hydrogen-bond donors (Lipinski definition) is 5. The fraction of sp³-hybridized carbons (Fsp3) is 0.455. The van der Waals surface area contributed by atoms with Crippen LogP contribution >= 0.6 is 0 Å². The molecule has 17 heteroatoms. The number of Topliss-reactive ketones (excluding diaryl/α,β-unsaturated/α-hetero) is 1. The van der Waals surface area contributed by atoms with E-state index in [0.29, 0.717) is 0 Å². The van der Waals surface area contributed by atoms with Crippen LogP contribution in [-0.4, -0.2) is 107 Å². The lowest BCUT2D eigenvalue weighted by molar-refractivity contribution is -0.346. The molecule has 0 unspecified atom stereocenters. The van der Waals surface area contributed by atoms with Gasteiger partial charge in [-0.15, -0.1) is 0 Å². The zero-order valence-electron chi connectivity index (χ0n) is 34.0. The first-order valence-corrected chi connectivity index (χ1v) is 21.2. The zero-order chi connectivity index (χ0) is 44.4. The van der Waals surface area contributed by atoms with E-state index < -0.39 is 117 Å². The van der Waals surface area contributed by atoms with E-state index in [1.807, 2.05) is 0 Å². The summed E-state index contributed by atoms with van der Waals surface area (Å²) in [4.78, 5) is 55.8. The van der Waals surface area contributed by atoms with Gasteiger partial charge in [0.25, 0.3) is 0 Å². The zero-order valence-corrected chi connectivity index (χ0v) is 34.8. The number of rotatable bonds is 10. The van der Waals surface area contributed by atoms with Gasteiger partial charge in [0.1, 0.15) is 35.8 Å². The van der Waals surface area contributed by atoms with Crippen molar-refractivity contribution in [2.45, 2.75) is 106 Å². The summed E-state index contributed by atoms with van der Waals surface area (Å²) in [5.41, 5.74) is -7.83. The van der Waals surface area contributed by atoms with Crippen molar-refractivity contribution in [1.82, 2.24) is 4.72 Å². The lowest BCUT2D eigenvalue weighted by atomic mass is 9.44. The Balaban J connectivity index is 1.34. The number of ether oxygens (including phenoxy) is 4. The van der Waals surface area contributed by atoms with Crippen LogP contribution in [-0.2, 0) is 43.4 Å². The molecule has 4 aliphatic rings. The summed E-state index contributed by atoms with van der Waals surface area (Å²) in [5, 5.41) is 49.2. The van der Waals surface area contributed by atoms with E-state index in [4.69, 9.17) is 18.9 Å². The summed E-state index contributed by atoms with van der Waals surface area (Å²) in [6.45, 7) is 6.61. The van der Waals surface area contributed by atoms with E-state index in [-0.39, 0.29) is 40.2 Å². The van der Waals surface area contributed by atoms with Crippen LogP contribution in [0.4, 0.5) is 4.39 Å². The van der Waals surface area contributed by atoms with Crippen molar-refractivity contribution in [3.63, 3.8) is 0 Å². The number of aliphatic hydroxyl groups is 4. The third-order valence-electron chi connectivity index (χ3n) is 13.3. The summed E-state index contributed by atoms with van der Waals surface area (Å²) in [5.74, 6) is -6.38. The number of halogens is 1. The first kappa shape index (κ1) is 44.2. The number of sulfonamides is 1. The highest BCUT2D eigenvalue weighted by molar-refractivity contribution is 7.89. The second kappa shape index (κ2) is 15.8. The Bertz CT molecular complexity index is 2360. The van der Waals surface area contributed by atoms with Crippen molar-refractivity contribution in [2.75, 3.05) is 6.61 Å². The smallest absolute Gasteiger partial charge is 0.338 e. The molecule has 1 aliphatic heterocycles. The molecule has 5 N–H and O–H groups in total. The van der Waals surface area contributed by atoms with Crippen LogP contribution in [0.15, 0.2) is 101 Å². The van der Waals surface area contributed by atoms with Crippen molar-refractivity contribution in [2.24, 2.45) is 16.7 Å². The topological polar surface area (TPSA) is 232 Å². The van der Waals surface area contributed by atoms with Crippen LogP contribution in [0.1, 0.15) is 69.4 Å². The van der Waals surface area contributed by atoms with Crippen molar-refractivity contribution in [3.05, 3.63) is 113 Å². The van der Waals surface area contributed by atoms with Gasteiger partial charge >= 0.3 is 17.9 Å². The SMILES string of the molecule is CC(=O)O[C@@]12CO[C@@H]1C[C@H](O)[C@@]1(C)C(=O)[C@H](O)C3=C(C)[C@@H](OC(=O)[C@H](O)[C@@H](NS(=O)(=O)c4ccc(F)cc4)c4ccccc4)C[C@@](O)([C@@H](OC(=O)c4ccccc4)[C@H]21)C3(C)C. The molecule has 326 valence electrons. The highest BCUT2D eigenvalue weighted by Crippen LogP contribution is 2.64. The Hall–Kier alpha value is -4.88. The summed E-state index contributed by atoms with van der Waals surface area (Å²) >= 11 is 0. The van der Waals surface area contributed by atoms with Gasteiger partial charge in [-0.25, -0.2) is 27.1 Å². The third-order valence-corrected chi connectivity index (χ3v) is 14.8. The fourth-order valence-corrected chi connectivity index (χ4v) is 11.2. The van der Waals surface area contributed by atoms with Crippen LogP contribution in [0.3, 0.4) is 0 Å². The van der Waals surface area contributed by atoms with Gasteiger partial charge in [0.2, 0.25) is 10.0 Å². The number of ketones is 1. The molecule has 0 amide bonds. The van der Waals surface area contributed by atoms with E-state index in [1.54, 1.807) is 36.4 Å². The maximum atomic E-state index is 15.0. The van der Waals surface area contributed by atoms with Crippen molar-refractivity contribution < 1.29 is 71.4 Å². The van der Waals surface area contributed by atoms with Crippen LogP contribution in [0, 0.1) is 22.6 Å². The number of carbonyl (C=O) groups is 4. The molecule has 3 fully saturated rings. The molecule has 61 heavy (non-hydrogen) atoms. The second-order valence-corrected chi connectivity index (χ2v) is 18.7. The monoisotopic (exact) mass is 865 g/mol. The molecule has 2 bridgehead atoms. The van der Waals surface area contributed by atoms with E-state index >= 15 is 0 Å². The Morgan fingerprint density at radius 1 is 0.934 bits per heavy atom. The normalized spacial score (nSPS) is 32.7. The van der Waals surface area contributed by atoms with Gasteiger partial charge in [0.05, 0.1) is 40.5 Å². The molecule has 0 spiro atoms. The van der Waals surface area contributed by atoms with Crippen LogP contribution in [0.25, 0.3) is 0 Å². The summed E-state index contributed by atoms with van der Waals surface area (Å²) in [6.07, 6.45) is -11.2. The van der Waals surface area contributed by atoms with Gasteiger partial charge in [-0.3, -0.25) is 9.59 Å². The number of fused-ring (bicyclic) bond motifs is 5. The van der Waals surface area contributed by atoms with Gasteiger partial charge < -0.3 is 39.4 Å². The summed E-state index contributed by atoms with van der Waals surface area (Å²) < 4.78 is 67.1. The Morgan fingerprint density at radius 2 is 1.54 bits per heavy atom. The first-order valence-electron chi connectivity index (χ1n) is 19.7. The van der Waals surface area contributed by atoms with Crippen molar-refractivity contribution in [3.8, 4) is 0 Å². The number of aliphatic hydroxyl groups excluding tert-OH is 3. The minimum absolute atomic E-state index is 0.0437. The maximum Gasteiger partial charge on any atom is 0.338 e. The number of benzene rings is 3. The average Bonchev–Trinajstić information content (AvgIpc) is 3.21. The van der Waals surface area contributed by atoms with E-state index in [9.17, 15) is 52.4 Å². The largest absolute Gasteiger partial charge is 0.456 e. The average molecular weight is 866 g/mol. The molecule has 11 atom stereocenters. The third kappa shape index (κ3) is 7.19. The molecule has 1 heterocycles. The van der Waals surface area contributed by atoms with Crippen LogP contribution in [0.2, 0.25) is 0 Å². The molecule has 2 saturated carbocycles. The van der Waals surface area contributed by atoms with Crippen LogP contribution < -0.4 is 4.72 Å². The number of hydrogen-bond acceptors (Lipinski definition) is 14. The number of nitrogens with one attached hydrogen (secondary N) is 1. The molecule has 1 saturated heterocycles. The Morgan fingerprint density at radius 3 is 2.11 bits per heavy atom. The number of carbonyl (C=O) groups excluding carboxylic acids is 4. The van der Waals surface area contributed by atoms with Gasteiger partial charge in [-0.05, 0) is 67.0 Å². The fourth-order valence-electron chi connectivity index (χ4n) is 9.94. The van der Waals surface area contributed by atoms with Gasteiger partial charge in [0.15, 0.2) is 17.5 Å². The van der Waals surface area contributed by atoms with Crippen molar-refractivity contribution >= 4 is 33.7 Å². The van der Waals surface area contributed by atoms with Crippen molar-refractivity contribution in [1.29, 1.82) is 0 Å². The van der Waals surface area contributed by atoms with Crippen LogP contribution in [0.5, 0.6) is 0 Å². The summed E-state index contributed by atoms with van der Waals surface area (Å²) in [7, 11) is -4.51.